The van der Waals surface area contributed by atoms with E-state index in [2.05, 4.69) is 15.4 Å². The molecule has 2 amide bonds. The van der Waals surface area contributed by atoms with Crippen molar-refractivity contribution in [1.29, 1.82) is 0 Å². The fourth-order valence-electron chi connectivity index (χ4n) is 3.82. The molecule has 2 aromatic rings. The minimum absolute atomic E-state index is 0.00479. The number of imidazole rings is 1. The molecule has 28 heavy (non-hydrogen) atoms. The zero-order valence-corrected chi connectivity index (χ0v) is 15.2. The molecule has 152 valence electrons. The Morgan fingerprint density at radius 2 is 1.93 bits per heavy atom. The Balaban J connectivity index is 1.44. The molecule has 0 bridgehead atoms. The topological polar surface area (TPSA) is 62.5 Å². The van der Waals surface area contributed by atoms with Crippen molar-refractivity contribution >= 4 is 11.7 Å². The van der Waals surface area contributed by atoms with E-state index in [-0.39, 0.29) is 25.3 Å². The predicted octanol–water partition coefficient (Wildman–Crippen LogP) is 3.26. The summed E-state index contributed by atoms with van der Waals surface area (Å²) in [5.41, 5.74) is 1.90. The lowest BCUT2D eigenvalue weighted by molar-refractivity contribution is -0.0457. The summed E-state index contributed by atoms with van der Waals surface area (Å²) in [5.74, 6) is -5.35. The van der Waals surface area contributed by atoms with Crippen LogP contribution in [0.15, 0.2) is 18.5 Å². The molecule has 0 spiro atoms. The highest BCUT2D eigenvalue weighted by atomic mass is 19.3. The molecule has 1 saturated carbocycles. The van der Waals surface area contributed by atoms with Gasteiger partial charge in [0.2, 0.25) is 5.92 Å². The zero-order valence-electron chi connectivity index (χ0n) is 15.2. The Kier molecular flexibility index (Phi) is 4.67. The fourth-order valence-corrected chi connectivity index (χ4v) is 3.82. The number of carbonyl (C=O) groups excluding carboxylic acids is 1. The van der Waals surface area contributed by atoms with Gasteiger partial charge in [-0.05, 0) is 36.8 Å². The van der Waals surface area contributed by atoms with Gasteiger partial charge in [0.05, 0.1) is 31.2 Å². The van der Waals surface area contributed by atoms with E-state index in [0.29, 0.717) is 30.5 Å². The van der Waals surface area contributed by atoms with E-state index in [0.717, 1.165) is 10.6 Å². The number of rotatable bonds is 4. The van der Waals surface area contributed by atoms with Crippen LogP contribution in [0.3, 0.4) is 0 Å². The summed E-state index contributed by atoms with van der Waals surface area (Å²) in [7, 11) is 0. The van der Waals surface area contributed by atoms with Crippen molar-refractivity contribution in [1.82, 2.24) is 24.8 Å². The SMILES string of the molecule is O=C1NCC(F)(F)CN1Cc1cnn2cc(CC3CCC(F)(F)CC3)nc2c1. The lowest BCUT2D eigenvalue weighted by Crippen LogP contribution is -2.56. The molecule has 2 aliphatic rings. The smallest absolute Gasteiger partial charge is 0.318 e. The third-order valence-electron chi connectivity index (χ3n) is 5.34. The average molecular weight is 399 g/mol. The number of carbonyl (C=O) groups is 1. The van der Waals surface area contributed by atoms with Crippen LogP contribution in [0, 0.1) is 5.92 Å². The lowest BCUT2D eigenvalue weighted by atomic mass is 9.84. The minimum atomic E-state index is -2.97. The van der Waals surface area contributed by atoms with Crippen LogP contribution in [0.1, 0.15) is 36.9 Å². The molecule has 1 saturated heterocycles. The summed E-state index contributed by atoms with van der Waals surface area (Å²) < 4.78 is 55.2. The summed E-state index contributed by atoms with van der Waals surface area (Å²) >= 11 is 0. The van der Waals surface area contributed by atoms with Gasteiger partial charge in [-0.25, -0.2) is 31.9 Å². The average Bonchev–Trinajstić information content (AvgIpc) is 3.01. The number of aromatic nitrogens is 3. The van der Waals surface area contributed by atoms with Crippen molar-refractivity contribution in [2.45, 2.75) is 50.5 Å². The second-order valence-corrected chi connectivity index (χ2v) is 7.77. The number of halogens is 4. The Labute approximate surface area is 158 Å². The van der Waals surface area contributed by atoms with E-state index >= 15 is 0 Å². The monoisotopic (exact) mass is 399 g/mol. The number of urea groups is 1. The number of hydrogen-bond acceptors (Lipinski definition) is 3. The molecular weight excluding hydrogens is 378 g/mol. The van der Waals surface area contributed by atoms with Crippen LogP contribution in [0.5, 0.6) is 0 Å². The molecule has 1 N–H and O–H groups in total. The number of alkyl halides is 4. The summed E-state index contributed by atoms with van der Waals surface area (Å²) in [6, 6.07) is 1.16. The molecule has 1 aliphatic heterocycles. The van der Waals surface area contributed by atoms with Crippen LogP contribution in [-0.4, -0.2) is 50.5 Å². The normalized spacial score (nSPS) is 22.4. The van der Waals surface area contributed by atoms with Crippen molar-refractivity contribution in [3.8, 4) is 0 Å². The van der Waals surface area contributed by atoms with Gasteiger partial charge >= 0.3 is 6.03 Å². The predicted molar refractivity (Wildman–Crippen MR) is 92.4 cm³/mol. The molecular formula is C18H21F4N5O. The van der Waals surface area contributed by atoms with Gasteiger partial charge in [-0.3, -0.25) is 0 Å². The van der Waals surface area contributed by atoms with Crippen molar-refractivity contribution in [3.63, 3.8) is 0 Å². The number of nitrogens with zero attached hydrogens (tertiary/aromatic N) is 4. The highest BCUT2D eigenvalue weighted by Crippen LogP contribution is 2.37. The van der Waals surface area contributed by atoms with Crippen LogP contribution >= 0.6 is 0 Å². The second kappa shape index (κ2) is 6.89. The molecule has 6 nitrogen and oxygen atoms in total. The van der Waals surface area contributed by atoms with Gasteiger partial charge in [0.15, 0.2) is 5.65 Å². The molecule has 4 rings (SSSR count). The van der Waals surface area contributed by atoms with Crippen molar-refractivity contribution in [2.75, 3.05) is 13.1 Å². The summed E-state index contributed by atoms with van der Waals surface area (Å²) in [5, 5.41) is 6.41. The van der Waals surface area contributed by atoms with Gasteiger partial charge in [0.1, 0.15) is 0 Å². The molecule has 1 aliphatic carbocycles. The Hall–Kier alpha value is -2.39. The first-order valence-electron chi connectivity index (χ1n) is 9.31. The maximum atomic E-state index is 13.5. The van der Waals surface area contributed by atoms with Gasteiger partial charge in [-0.2, -0.15) is 5.10 Å². The van der Waals surface area contributed by atoms with E-state index in [4.69, 9.17) is 0 Å². The van der Waals surface area contributed by atoms with Crippen LogP contribution in [0.25, 0.3) is 5.65 Å². The van der Waals surface area contributed by atoms with E-state index in [1.807, 2.05) is 0 Å². The van der Waals surface area contributed by atoms with Crippen molar-refractivity contribution in [2.24, 2.45) is 5.92 Å². The summed E-state index contributed by atoms with van der Waals surface area (Å²) in [6.07, 6.45) is 4.64. The number of hydrogen-bond donors (Lipinski definition) is 1. The van der Waals surface area contributed by atoms with E-state index in [9.17, 15) is 22.4 Å². The van der Waals surface area contributed by atoms with Crippen LogP contribution in [0.4, 0.5) is 22.4 Å². The van der Waals surface area contributed by atoms with Crippen molar-refractivity contribution in [3.05, 3.63) is 29.7 Å². The molecule has 0 unspecified atom stereocenters. The highest BCUT2D eigenvalue weighted by molar-refractivity contribution is 5.75. The van der Waals surface area contributed by atoms with E-state index < -0.39 is 31.0 Å². The number of nitrogens with one attached hydrogen (secondary N) is 1. The Morgan fingerprint density at radius 3 is 2.68 bits per heavy atom. The molecule has 0 aromatic carbocycles. The minimum Gasteiger partial charge on any atom is -0.332 e. The first kappa shape index (κ1) is 18.9. The van der Waals surface area contributed by atoms with E-state index in [1.165, 1.54) is 6.20 Å². The van der Waals surface area contributed by atoms with Crippen molar-refractivity contribution < 1.29 is 22.4 Å². The highest BCUT2D eigenvalue weighted by Gasteiger charge is 2.39. The molecule has 2 fully saturated rings. The van der Waals surface area contributed by atoms with Crippen LogP contribution < -0.4 is 5.32 Å². The third-order valence-corrected chi connectivity index (χ3v) is 5.34. The van der Waals surface area contributed by atoms with Gasteiger partial charge in [-0.15, -0.1) is 0 Å². The maximum Gasteiger partial charge on any atom is 0.318 e. The van der Waals surface area contributed by atoms with Gasteiger partial charge in [0.25, 0.3) is 5.92 Å². The quantitative estimate of drug-likeness (QED) is 0.803. The van der Waals surface area contributed by atoms with E-state index in [1.54, 1.807) is 16.8 Å². The fraction of sp³-hybridized carbons (Fsp3) is 0.611. The van der Waals surface area contributed by atoms with Gasteiger partial charge in [0, 0.05) is 19.4 Å². The second-order valence-electron chi connectivity index (χ2n) is 7.77. The molecule has 0 radical (unpaired) electrons. The molecule has 3 heterocycles. The zero-order chi connectivity index (χ0) is 19.9. The first-order valence-corrected chi connectivity index (χ1v) is 9.31. The van der Waals surface area contributed by atoms with Crippen LogP contribution in [0.2, 0.25) is 0 Å². The van der Waals surface area contributed by atoms with Gasteiger partial charge < -0.3 is 10.2 Å². The molecule has 10 heteroatoms. The maximum absolute atomic E-state index is 13.5. The Morgan fingerprint density at radius 1 is 1.18 bits per heavy atom. The third kappa shape index (κ3) is 4.20. The lowest BCUT2D eigenvalue weighted by Gasteiger charge is -2.32. The largest absolute Gasteiger partial charge is 0.332 e. The molecule has 2 aromatic heterocycles. The first-order chi connectivity index (χ1) is 13.2. The number of fused-ring (bicyclic) bond motifs is 1. The summed E-state index contributed by atoms with van der Waals surface area (Å²) in [6.45, 7) is -1.29. The Bertz CT molecular complexity index is 874. The molecule has 0 atom stereocenters. The number of amides is 2. The summed E-state index contributed by atoms with van der Waals surface area (Å²) in [4.78, 5) is 17.3. The standard InChI is InChI=1S/C18H21F4N5O/c19-17(20)3-1-12(2-4-17)5-14-9-27-15(25-14)6-13(7-24-27)8-26-11-18(21,22)10-23-16(26)28/h6-7,9,12H,1-5,8,10-11H2,(H,23,28). The van der Waals surface area contributed by atoms with Crippen LogP contribution in [-0.2, 0) is 13.0 Å². The van der Waals surface area contributed by atoms with Gasteiger partial charge in [-0.1, -0.05) is 0 Å².